The van der Waals surface area contributed by atoms with E-state index in [9.17, 15) is 0 Å². The molecule has 0 nitrogen and oxygen atoms in total. The molecule has 0 saturated heterocycles. The molecular formula is C18H15PRh2+4. The first-order valence-electron chi connectivity index (χ1n) is 6.40. The SMILES string of the molecule is [Rh+3].[Rh+].c1ccc(P(c2ccccc2)c2ccccc2)cc1. The van der Waals surface area contributed by atoms with E-state index in [-0.39, 0.29) is 39.0 Å². The smallest absolute Gasteiger partial charge is 0.0622 e. The zero-order valence-corrected chi connectivity index (χ0v) is 15.4. The molecule has 0 saturated carbocycles. The van der Waals surface area contributed by atoms with Crippen molar-refractivity contribution in [2.24, 2.45) is 0 Å². The van der Waals surface area contributed by atoms with Gasteiger partial charge in [-0.05, 0) is 23.8 Å². The molecule has 0 spiro atoms. The quantitative estimate of drug-likeness (QED) is 0.409. The Bertz CT molecular complexity index is 533. The van der Waals surface area contributed by atoms with Crippen LogP contribution in [0, 0.1) is 0 Å². The molecule has 3 rings (SSSR count). The van der Waals surface area contributed by atoms with Gasteiger partial charge >= 0.3 is 39.0 Å². The van der Waals surface area contributed by atoms with Crippen molar-refractivity contribution < 1.29 is 39.0 Å². The van der Waals surface area contributed by atoms with Crippen LogP contribution in [0.3, 0.4) is 0 Å². The zero-order valence-electron chi connectivity index (χ0n) is 11.3. The molecule has 0 unspecified atom stereocenters. The van der Waals surface area contributed by atoms with Crippen LogP contribution in [0.5, 0.6) is 0 Å². The summed E-state index contributed by atoms with van der Waals surface area (Å²) in [4.78, 5) is 0. The molecule has 0 amide bonds. The molecule has 0 aromatic heterocycles. The number of hydrogen-bond acceptors (Lipinski definition) is 0. The monoisotopic (exact) mass is 468 g/mol. The second-order valence-corrected chi connectivity index (χ2v) is 6.56. The van der Waals surface area contributed by atoms with E-state index in [2.05, 4.69) is 91.0 Å². The first kappa shape index (κ1) is 18.4. The summed E-state index contributed by atoms with van der Waals surface area (Å²) in [6.45, 7) is 0. The molecular weight excluding hydrogens is 453 g/mol. The van der Waals surface area contributed by atoms with Gasteiger partial charge in [-0.2, -0.15) is 0 Å². The van der Waals surface area contributed by atoms with E-state index in [1.54, 1.807) is 0 Å². The third-order valence-corrected chi connectivity index (χ3v) is 5.49. The van der Waals surface area contributed by atoms with E-state index < -0.39 is 7.92 Å². The Labute approximate surface area is 153 Å². The van der Waals surface area contributed by atoms with E-state index in [0.717, 1.165) is 0 Å². The molecule has 3 aromatic rings. The molecule has 21 heavy (non-hydrogen) atoms. The minimum Gasteiger partial charge on any atom is -0.0622 e. The first-order chi connectivity index (χ1) is 9.45. The Kier molecular flexibility index (Phi) is 8.21. The van der Waals surface area contributed by atoms with Crippen LogP contribution < -0.4 is 15.9 Å². The predicted molar refractivity (Wildman–Crippen MR) is 85.1 cm³/mol. The molecule has 0 radical (unpaired) electrons. The van der Waals surface area contributed by atoms with Crippen LogP contribution in [-0.4, -0.2) is 0 Å². The fraction of sp³-hybridized carbons (Fsp3) is 0. The molecule has 106 valence electrons. The van der Waals surface area contributed by atoms with Crippen LogP contribution in [0.4, 0.5) is 0 Å². The molecule has 0 fully saturated rings. The van der Waals surface area contributed by atoms with E-state index in [1.807, 2.05) is 0 Å². The Morgan fingerprint density at radius 1 is 0.429 bits per heavy atom. The minimum atomic E-state index is -0.446. The Balaban J connectivity index is 0.00000110. The summed E-state index contributed by atoms with van der Waals surface area (Å²) in [6, 6.07) is 32.3. The Morgan fingerprint density at radius 3 is 0.905 bits per heavy atom. The third-order valence-electron chi connectivity index (χ3n) is 3.04. The Hall–Kier alpha value is -0.663. The van der Waals surface area contributed by atoms with Crippen LogP contribution in [0.25, 0.3) is 0 Å². The fourth-order valence-corrected chi connectivity index (χ4v) is 4.48. The maximum atomic E-state index is 2.23. The molecule has 0 N–H and O–H groups in total. The molecule has 0 bridgehead atoms. The number of benzene rings is 3. The van der Waals surface area contributed by atoms with Gasteiger partial charge in [0.05, 0.1) is 0 Å². The number of hydrogen-bond donors (Lipinski definition) is 0. The van der Waals surface area contributed by atoms with Crippen molar-refractivity contribution in [3.05, 3.63) is 91.0 Å². The predicted octanol–water partition coefficient (Wildman–Crippen LogP) is 3.44. The third kappa shape index (κ3) is 4.65. The molecule has 3 heteroatoms. The van der Waals surface area contributed by atoms with Crippen molar-refractivity contribution in [2.75, 3.05) is 0 Å². The summed E-state index contributed by atoms with van der Waals surface area (Å²) < 4.78 is 0. The van der Waals surface area contributed by atoms with Gasteiger partial charge in [-0.15, -0.1) is 0 Å². The summed E-state index contributed by atoms with van der Waals surface area (Å²) >= 11 is 0. The minimum absolute atomic E-state index is 0. The van der Waals surface area contributed by atoms with Crippen molar-refractivity contribution >= 4 is 23.8 Å². The topological polar surface area (TPSA) is 0 Å². The maximum Gasteiger partial charge on any atom is 3.00 e. The average molecular weight is 468 g/mol. The van der Waals surface area contributed by atoms with Crippen LogP contribution in [0.2, 0.25) is 0 Å². The van der Waals surface area contributed by atoms with Crippen molar-refractivity contribution in [1.82, 2.24) is 0 Å². The number of rotatable bonds is 3. The standard InChI is InChI=1S/C18H15P.2Rh/c1-4-10-16(11-5-1)19(17-12-6-2-7-13-17)18-14-8-3-9-15-18;;/h1-15H;;/q;+1;+3. The fourth-order valence-electron chi connectivity index (χ4n) is 2.18. The molecule has 0 aliphatic rings. The second-order valence-electron chi connectivity index (χ2n) is 4.34. The van der Waals surface area contributed by atoms with E-state index in [1.165, 1.54) is 15.9 Å². The van der Waals surface area contributed by atoms with Crippen molar-refractivity contribution in [2.45, 2.75) is 0 Å². The van der Waals surface area contributed by atoms with Gasteiger partial charge in [0.15, 0.2) is 0 Å². The van der Waals surface area contributed by atoms with Gasteiger partial charge in [-0.1, -0.05) is 91.0 Å². The van der Waals surface area contributed by atoms with Crippen LogP contribution in [0.1, 0.15) is 0 Å². The van der Waals surface area contributed by atoms with E-state index >= 15 is 0 Å². The summed E-state index contributed by atoms with van der Waals surface area (Å²) in [6.07, 6.45) is 0. The second kappa shape index (κ2) is 9.37. The van der Waals surface area contributed by atoms with Crippen molar-refractivity contribution in [3.63, 3.8) is 0 Å². The Morgan fingerprint density at radius 2 is 0.667 bits per heavy atom. The summed E-state index contributed by atoms with van der Waals surface area (Å²) in [5.74, 6) is 0. The average Bonchev–Trinajstić information content (AvgIpc) is 2.51. The van der Waals surface area contributed by atoms with Crippen molar-refractivity contribution in [1.29, 1.82) is 0 Å². The van der Waals surface area contributed by atoms with Gasteiger partial charge in [-0.25, -0.2) is 0 Å². The summed E-state index contributed by atoms with van der Waals surface area (Å²) in [5, 5.41) is 4.19. The van der Waals surface area contributed by atoms with Crippen molar-refractivity contribution in [3.8, 4) is 0 Å². The first-order valence-corrected chi connectivity index (χ1v) is 7.74. The molecule has 0 aliphatic carbocycles. The maximum absolute atomic E-state index is 2.23. The molecule has 0 atom stereocenters. The van der Waals surface area contributed by atoms with E-state index in [0.29, 0.717) is 0 Å². The van der Waals surface area contributed by atoms with Gasteiger partial charge in [-0.3, -0.25) is 0 Å². The molecule has 3 aromatic carbocycles. The van der Waals surface area contributed by atoms with Gasteiger partial charge in [0, 0.05) is 0 Å². The van der Waals surface area contributed by atoms with Crippen LogP contribution in [-0.2, 0) is 39.0 Å². The van der Waals surface area contributed by atoms with E-state index in [4.69, 9.17) is 0 Å². The largest absolute Gasteiger partial charge is 3.00 e. The summed E-state index contributed by atoms with van der Waals surface area (Å²) in [5.41, 5.74) is 0. The zero-order chi connectivity index (χ0) is 12.9. The molecule has 0 heterocycles. The van der Waals surface area contributed by atoms with Gasteiger partial charge in [0.1, 0.15) is 0 Å². The van der Waals surface area contributed by atoms with Crippen LogP contribution >= 0.6 is 7.92 Å². The van der Waals surface area contributed by atoms with Gasteiger partial charge in [0.25, 0.3) is 0 Å². The normalized spacial score (nSPS) is 9.57. The van der Waals surface area contributed by atoms with Gasteiger partial charge in [0.2, 0.25) is 0 Å². The van der Waals surface area contributed by atoms with Crippen LogP contribution in [0.15, 0.2) is 91.0 Å². The van der Waals surface area contributed by atoms with Gasteiger partial charge < -0.3 is 0 Å². The summed E-state index contributed by atoms with van der Waals surface area (Å²) in [7, 11) is -0.446. The molecule has 0 aliphatic heterocycles.